The Morgan fingerprint density at radius 1 is 1.07 bits per heavy atom. The zero-order valence-electron chi connectivity index (χ0n) is 15.0. The smallest absolute Gasteiger partial charge is 0.306 e. The molecule has 2 aromatic carbocycles. The highest BCUT2D eigenvalue weighted by Crippen LogP contribution is 2.32. The number of hydrogen-bond acceptors (Lipinski definition) is 5. The van der Waals surface area contributed by atoms with Gasteiger partial charge in [0, 0.05) is 22.9 Å². The minimum Gasteiger partial charge on any atom is -0.506 e. The van der Waals surface area contributed by atoms with Crippen LogP contribution in [0.5, 0.6) is 5.75 Å². The molecule has 0 unspecified atom stereocenters. The molecule has 5 nitrogen and oxygen atoms in total. The number of benzene rings is 2. The van der Waals surface area contributed by atoms with E-state index in [1.807, 2.05) is 0 Å². The lowest BCUT2D eigenvalue weighted by Crippen LogP contribution is -2.09. The zero-order chi connectivity index (χ0) is 20.3. The van der Waals surface area contributed by atoms with Crippen molar-refractivity contribution in [3.8, 4) is 16.9 Å². The number of carbonyl (C=O) groups is 2. The number of halogens is 2. The molecule has 0 bridgehead atoms. The van der Waals surface area contributed by atoms with Gasteiger partial charge < -0.3 is 9.84 Å². The van der Waals surface area contributed by atoms with Crippen LogP contribution in [-0.4, -0.2) is 28.4 Å². The standard InChI is InChI=1S/C21H17F2NO4/c1-2-28-19(27)9-8-17(25)21-18(26)10-12-4-3-5-14(20(12)24-21)15-11-13(22)6-7-16(15)23/h3-7,10-11,26H,2,8-9H2,1H3. The van der Waals surface area contributed by atoms with Gasteiger partial charge in [-0.1, -0.05) is 18.2 Å². The second-order valence-corrected chi connectivity index (χ2v) is 6.09. The van der Waals surface area contributed by atoms with Crippen molar-refractivity contribution in [1.82, 2.24) is 4.98 Å². The summed E-state index contributed by atoms with van der Waals surface area (Å²) < 4.78 is 32.6. The van der Waals surface area contributed by atoms with E-state index in [4.69, 9.17) is 4.74 Å². The molecular weight excluding hydrogens is 368 g/mol. The van der Waals surface area contributed by atoms with Crippen LogP contribution in [0.4, 0.5) is 8.78 Å². The van der Waals surface area contributed by atoms with Gasteiger partial charge in [0.1, 0.15) is 23.1 Å². The fourth-order valence-corrected chi connectivity index (χ4v) is 2.88. The Kier molecular flexibility index (Phi) is 5.63. The molecule has 1 N–H and O–H groups in total. The van der Waals surface area contributed by atoms with E-state index in [0.29, 0.717) is 5.39 Å². The number of esters is 1. The van der Waals surface area contributed by atoms with Gasteiger partial charge in [0.2, 0.25) is 0 Å². The molecule has 1 aromatic heterocycles. The highest BCUT2D eigenvalue weighted by atomic mass is 19.1. The van der Waals surface area contributed by atoms with E-state index in [0.717, 1.165) is 18.2 Å². The van der Waals surface area contributed by atoms with Crippen molar-refractivity contribution in [2.24, 2.45) is 0 Å². The summed E-state index contributed by atoms with van der Waals surface area (Å²) in [5, 5.41) is 10.6. The summed E-state index contributed by atoms with van der Waals surface area (Å²) >= 11 is 0. The van der Waals surface area contributed by atoms with Gasteiger partial charge in [0.05, 0.1) is 18.5 Å². The van der Waals surface area contributed by atoms with E-state index in [1.165, 1.54) is 6.07 Å². The quantitative estimate of drug-likeness (QED) is 0.502. The van der Waals surface area contributed by atoms with E-state index in [9.17, 15) is 23.5 Å². The average molecular weight is 385 g/mol. The molecule has 0 saturated carbocycles. The predicted octanol–water partition coefficient (Wildman–Crippen LogP) is 4.41. The van der Waals surface area contributed by atoms with E-state index in [-0.39, 0.29) is 47.5 Å². The lowest BCUT2D eigenvalue weighted by atomic mass is 10.00. The van der Waals surface area contributed by atoms with Crippen LogP contribution in [-0.2, 0) is 9.53 Å². The Balaban J connectivity index is 2.04. The number of Topliss-reactive ketones (excluding diaryl/α,β-unsaturated/α-hetero) is 1. The average Bonchev–Trinajstić information content (AvgIpc) is 2.67. The van der Waals surface area contributed by atoms with E-state index in [2.05, 4.69) is 4.98 Å². The lowest BCUT2D eigenvalue weighted by molar-refractivity contribution is -0.143. The summed E-state index contributed by atoms with van der Waals surface area (Å²) in [6, 6.07) is 9.20. The van der Waals surface area contributed by atoms with Crippen molar-refractivity contribution in [3.63, 3.8) is 0 Å². The van der Waals surface area contributed by atoms with Gasteiger partial charge in [0.25, 0.3) is 0 Å². The molecule has 28 heavy (non-hydrogen) atoms. The number of hydrogen-bond donors (Lipinski definition) is 1. The Bertz CT molecular complexity index is 1070. The number of aromatic hydroxyl groups is 1. The minimum absolute atomic E-state index is 0.00582. The van der Waals surface area contributed by atoms with Crippen LogP contribution in [0.1, 0.15) is 30.3 Å². The number of nitrogens with zero attached hydrogens (tertiary/aromatic N) is 1. The van der Waals surface area contributed by atoms with Crippen LogP contribution in [0.3, 0.4) is 0 Å². The maximum atomic E-state index is 14.2. The molecule has 0 spiro atoms. The highest BCUT2D eigenvalue weighted by Gasteiger charge is 2.19. The number of aromatic nitrogens is 1. The fourth-order valence-electron chi connectivity index (χ4n) is 2.88. The van der Waals surface area contributed by atoms with Gasteiger partial charge in [0.15, 0.2) is 5.78 Å². The molecule has 7 heteroatoms. The van der Waals surface area contributed by atoms with E-state index < -0.39 is 23.4 Å². The number of carbonyl (C=O) groups excluding carboxylic acids is 2. The summed E-state index contributed by atoms with van der Waals surface area (Å²) in [5.74, 6) is -2.68. The molecule has 3 aromatic rings. The Morgan fingerprint density at radius 2 is 1.86 bits per heavy atom. The lowest BCUT2D eigenvalue weighted by Gasteiger charge is -2.10. The molecule has 0 aliphatic carbocycles. The van der Waals surface area contributed by atoms with Crippen molar-refractivity contribution in [2.45, 2.75) is 19.8 Å². The molecular formula is C21H17F2NO4. The van der Waals surface area contributed by atoms with Crippen molar-refractivity contribution in [2.75, 3.05) is 6.61 Å². The summed E-state index contributed by atoms with van der Waals surface area (Å²) in [4.78, 5) is 28.1. The Morgan fingerprint density at radius 3 is 2.61 bits per heavy atom. The van der Waals surface area contributed by atoms with Crippen LogP contribution in [0, 0.1) is 11.6 Å². The van der Waals surface area contributed by atoms with E-state index >= 15 is 0 Å². The van der Waals surface area contributed by atoms with Crippen LogP contribution in [0.25, 0.3) is 22.0 Å². The first-order valence-corrected chi connectivity index (χ1v) is 8.67. The van der Waals surface area contributed by atoms with Crippen LogP contribution >= 0.6 is 0 Å². The maximum Gasteiger partial charge on any atom is 0.306 e. The number of ether oxygens (including phenoxy) is 1. The van der Waals surface area contributed by atoms with Crippen LogP contribution in [0.15, 0.2) is 42.5 Å². The van der Waals surface area contributed by atoms with Crippen molar-refractivity contribution >= 4 is 22.7 Å². The van der Waals surface area contributed by atoms with Gasteiger partial charge in [-0.05, 0) is 31.2 Å². The van der Waals surface area contributed by atoms with Crippen molar-refractivity contribution in [1.29, 1.82) is 0 Å². The first-order chi connectivity index (χ1) is 13.4. The number of para-hydroxylation sites is 1. The predicted molar refractivity (Wildman–Crippen MR) is 99.0 cm³/mol. The fraction of sp³-hybridized carbons (Fsp3) is 0.190. The normalized spacial score (nSPS) is 10.8. The number of rotatable bonds is 6. The topological polar surface area (TPSA) is 76.5 Å². The third kappa shape index (κ3) is 3.98. The maximum absolute atomic E-state index is 14.2. The number of ketones is 1. The summed E-state index contributed by atoms with van der Waals surface area (Å²) in [6.07, 6.45) is -0.340. The molecule has 0 fully saturated rings. The third-order valence-electron chi connectivity index (χ3n) is 4.17. The molecule has 0 saturated heterocycles. The SMILES string of the molecule is CCOC(=O)CCC(=O)c1nc2c(-c3cc(F)ccc3F)cccc2cc1O. The largest absolute Gasteiger partial charge is 0.506 e. The van der Waals surface area contributed by atoms with Gasteiger partial charge >= 0.3 is 5.97 Å². The summed E-state index contributed by atoms with van der Waals surface area (Å²) in [7, 11) is 0. The van der Waals surface area contributed by atoms with Crippen LogP contribution < -0.4 is 0 Å². The Labute approximate surface area is 159 Å². The first kappa shape index (κ1) is 19.4. The molecule has 0 radical (unpaired) electrons. The Hall–Kier alpha value is -3.35. The van der Waals surface area contributed by atoms with Gasteiger partial charge in [-0.3, -0.25) is 9.59 Å². The van der Waals surface area contributed by atoms with Gasteiger partial charge in [-0.25, -0.2) is 13.8 Å². The second-order valence-electron chi connectivity index (χ2n) is 6.09. The highest BCUT2D eigenvalue weighted by molar-refractivity contribution is 6.02. The molecule has 0 amide bonds. The molecule has 1 heterocycles. The summed E-state index contributed by atoms with van der Waals surface area (Å²) in [5.41, 5.74) is 0.285. The van der Waals surface area contributed by atoms with Gasteiger partial charge in [-0.15, -0.1) is 0 Å². The minimum atomic E-state index is -0.640. The second kappa shape index (κ2) is 8.12. The molecule has 3 rings (SSSR count). The first-order valence-electron chi connectivity index (χ1n) is 8.67. The number of pyridine rings is 1. The van der Waals surface area contributed by atoms with Crippen LogP contribution in [0.2, 0.25) is 0 Å². The van der Waals surface area contributed by atoms with Gasteiger partial charge in [-0.2, -0.15) is 0 Å². The molecule has 0 atom stereocenters. The summed E-state index contributed by atoms with van der Waals surface area (Å²) in [6.45, 7) is 1.86. The zero-order valence-corrected chi connectivity index (χ0v) is 15.0. The number of fused-ring (bicyclic) bond motifs is 1. The third-order valence-corrected chi connectivity index (χ3v) is 4.17. The molecule has 0 aliphatic rings. The van der Waals surface area contributed by atoms with E-state index in [1.54, 1.807) is 25.1 Å². The molecule has 0 aliphatic heterocycles. The van der Waals surface area contributed by atoms with Crippen molar-refractivity contribution in [3.05, 3.63) is 59.8 Å². The molecule has 144 valence electrons. The van der Waals surface area contributed by atoms with Crippen molar-refractivity contribution < 1.29 is 28.2 Å². The monoisotopic (exact) mass is 385 g/mol.